The molecule has 1 atom stereocenters. The molecule has 6 heteroatoms. The van der Waals surface area contributed by atoms with Gasteiger partial charge in [0, 0.05) is 0 Å². The van der Waals surface area contributed by atoms with Gasteiger partial charge < -0.3 is 0 Å². The molecule has 1 heterocycles. The molecule has 3 rings (SSSR count). The monoisotopic (exact) mass is 440 g/mol. The van der Waals surface area contributed by atoms with E-state index in [2.05, 4.69) is 21.7 Å². The van der Waals surface area contributed by atoms with Crippen molar-refractivity contribution in [2.75, 3.05) is 7.11 Å². The van der Waals surface area contributed by atoms with E-state index in [1.807, 2.05) is 42.9 Å². The van der Waals surface area contributed by atoms with E-state index < -0.39 is 0 Å². The van der Waals surface area contributed by atoms with Crippen LogP contribution < -0.4 is 4.74 Å². The number of benzene rings is 2. The summed E-state index contributed by atoms with van der Waals surface area (Å²) in [5.74, 6) is 0.881. The predicted octanol–water partition coefficient (Wildman–Crippen LogP) is 4.84. The van der Waals surface area contributed by atoms with Gasteiger partial charge in [-0.2, -0.15) is 0 Å². The van der Waals surface area contributed by atoms with Crippen LogP contribution in [-0.2, 0) is 11.9 Å². The summed E-state index contributed by atoms with van der Waals surface area (Å²) in [5, 5.41) is 2.42. The van der Waals surface area contributed by atoms with Crippen molar-refractivity contribution in [3.8, 4) is 5.75 Å². The van der Waals surface area contributed by atoms with Gasteiger partial charge in [0.15, 0.2) is 0 Å². The van der Waals surface area contributed by atoms with Crippen molar-refractivity contribution in [1.29, 1.82) is 0 Å². The zero-order valence-corrected chi connectivity index (χ0v) is 17.0. The summed E-state index contributed by atoms with van der Waals surface area (Å²) >= 11 is 12.9. The van der Waals surface area contributed by atoms with Crippen molar-refractivity contribution in [1.82, 2.24) is 9.55 Å². The van der Waals surface area contributed by atoms with E-state index >= 15 is 0 Å². The number of imidazole rings is 1. The Kier molecular flexibility index (Phi) is 6.44. The number of methoxy groups -OCH3 is 1. The molecule has 3 nitrogen and oxygen atoms in total. The van der Waals surface area contributed by atoms with Gasteiger partial charge in [0.25, 0.3) is 0 Å². The van der Waals surface area contributed by atoms with Crippen molar-refractivity contribution in [2.24, 2.45) is 0 Å². The maximum atomic E-state index is 6.47. The Bertz CT molecular complexity index is 807. The van der Waals surface area contributed by atoms with Crippen LogP contribution in [0.5, 0.6) is 5.75 Å². The zero-order chi connectivity index (χ0) is 17.6. The van der Waals surface area contributed by atoms with E-state index in [1.165, 1.54) is 5.56 Å². The fourth-order valence-corrected chi connectivity index (χ4v) is 5.82. The number of nitrogens with zero attached hydrogens (tertiary/aromatic N) is 2. The van der Waals surface area contributed by atoms with Crippen LogP contribution in [0.2, 0.25) is 10.0 Å². The van der Waals surface area contributed by atoms with Crippen LogP contribution in [-0.4, -0.2) is 31.6 Å². The van der Waals surface area contributed by atoms with Gasteiger partial charge in [-0.3, -0.25) is 0 Å². The molecule has 0 saturated heterocycles. The van der Waals surface area contributed by atoms with Crippen LogP contribution in [0.4, 0.5) is 0 Å². The second-order valence-electron chi connectivity index (χ2n) is 5.57. The van der Waals surface area contributed by atoms with Crippen molar-refractivity contribution >= 4 is 38.2 Å². The van der Waals surface area contributed by atoms with Crippen molar-refractivity contribution in [3.05, 3.63) is 82.4 Å². The van der Waals surface area contributed by atoms with Gasteiger partial charge in [0.05, 0.1) is 0 Å². The molecule has 0 amide bonds. The molecule has 0 spiro atoms. The van der Waals surface area contributed by atoms with Crippen LogP contribution >= 0.6 is 23.2 Å². The molecule has 1 aromatic heterocycles. The standard InChI is InChI=1S/C19H18Cl2N2OSe/c1-24-16-5-2-14(3-6-16)12-25-19(11-23-9-8-22-13-23)17-7-4-15(20)10-18(17)21/h2-10,13,19H,11-12H2,1H3. The van der Waals surface area contributed by atoms with Crippen LogP contribution in [0, 0.1) is 0 Å². The zero-order valence-electron chi connectivity index (χ0n) is 13.7. The van der Waals surface area contributed by atoms with E-state index in [1.54, 1.807) is 13.3 Å². The van der Waals surface area contributed by atoms with E-state index in [4.69, 9.17) is 27.9 Å². The molecular weight excluding hydrogens is 422 g/mol. The SMILES string of the molecule is COc1ccc(C[Se]C(Cn2ccnc2)c2ccc(Cl)cc2Cl)cc1. The third kappa shape index (κ3) is 5.02. The number of hydrogen-bond acceptors (Lipinski definition) is 2. The van der Waals surface area contributed by atoms with Gasteiger partial charge in [-0.25, -0.2) is 0 Å². The number of halogens is 2. The van der Waals surface area contributed by atoms with Gasteiger partial charge in [-0.1, -0.05) is 0 Å². The third-order valence-electron chi connectivity index (χ3n) is 3.86. The molecular formula is C19H18Cl2N2OSe. The molecule has 130 valence electrons. The molecule has 3 aromatic rings. The summed E-state index contributed by atoms with van der Waals surface area (Å²) in [6, 6.07) is 14.0. The van der Waals surface area contributed by atoms with Gasteiger partial charge in [-0.05, 0) is 0 Å². The average Bonchev–Trinajstić information content (AvgIpc) is 3.12. The third-order valence-corrected chi connectivity index (χ3v) is 7.16. The molecule has 0 aliphatic carbocycles. The summed E-state index contributed by atoms with van der Waals surface area (Å²) in [6.45, 7) is 0.859. The molecule has 25 heavy (non-hydrogen) atoms. The van der Waals surface area contributed by atoms with E-state index in [0.29, 0.717) is 24.8 Å². The van der Waals surface area contributed by atoms with Crippen LogP contribution in [0.25, 0.3) is 0 Å². The van der Waals surface area contributed by atoms with Gasteiger partial charge in [0.2, 0.25) is 0 Å². The molecule has 0 fully saturated rings. The summed E-state index contributed by atoms with van der Waals surface area (Å²) in [7, 11) is 1.68. The normalized spacial score (nSPS) is 12.1. The predicted molar refractivity (Wildman–Crippen MR) is 104 cm³/mol. The summed E-state index contributed by atoms with van der Waals surface area (Å²) in [5.41, 5.74) is 2.45. The van der Waals surface area contributed by atoms with Gasteiger partial charge in [-0.15, -0.1) is 0 Å². The maximum absolute atomic E-state index is 6.47. The Morgan fingerprint density at radius 1 is 1.16 bits per heavy atom. The number of ether oxygens (including phenoxy) is 1. The number of hydrogen-bond donors (Lipinski definition) is 0. The second kappa shape index (κ2) is 8.77. The first-order chi connectivity index (χ1) is 12.2. The quantitative estimate of drug-likeness (QED) is 0.492. The van der Waals surface area contributed by atoms with E-state index in [0.717, 1.165) is 28.2 Å². The first kappa shape index (κ1) is 18.3. The molecule has 0 saturated carbocycles. The Balaban J connectivity index is 1.77. The van der Waals surface area contributed by atoms with Crippen molar-refractivity contribution < 1.29 is 4.74 Å². The first-order valence-corrected chi connectivity index (χ1v) is 10.8. The molecule has 1 unspecified atom stereocenters. The molecule has 0 radical (unpaired) electrons. The molecule has 0 bridgehead atoms. The Hall–Kier alpha value is -1.45. The minimum atomic E-state index is 0.330. The first-order valence-electron chi connectivity index (χ1n) is 7.81. The second-order valence-corrected chi connectivity index (χ2v) is 8.92. The van der Waals surface area contributed by atoms with Crippen LogP contribution in [0.3, 0.4) is 0 Å². The van der Waals surface area contributed by atoms with Crippen LogP contribution in [0.1, 0.15) is 15.9 Å². The summed E-state index contributed by atoms with van der Waals surface area (Å²) < 4.78 is 7.33. The molecule has 0 aliphatic rings. The molecule has 0 N–H and O–H groups in total. The fourth-order valence-electron chi connectivity index (χ4n) is 2.51. The number of rotatable bonds is 7. The van der Waals surface area contributed by atoms with Crippen LogP contribution in [0.15, 0.2) is 61.2 Å². The van der Waals surface area contributed by atoms with Gasteiger partial charge >= 0.3 is 164 Å². The summed E-state index contributed by atoms with van der Waals surface area (Å²) in [6.07, 6.45) is 5.64. The molecule has 2 aromatic carbocycles. The van der Waals surface area contributed by atoms with Crippen molar-refractivity contribution in [3.63, 3.8) is 0 Å². The van der Waals surface area contributed by atoms with Gasteiger partial charge in [0.1, 0.15) is 0 Å². The average molecular weight is 440 g/mol. The summed E-state index contributed by atoms with van der Waals surface area (Å²) in [4.78, 5) is 4.49. The Morgan fingerprint density at radius 3 is 2.60 bits per heavy atom. The Morgan fingerprint density at radius 2 is 1.96 bits per heavy atom. The fraction of sp³-hybridized carbons (Fsp3) is 0.211. The van der Waals surface area contributed by atoms with E-state index in [-0.39, 0.29) is 0 Å². The van der Waals surface area contributed by atoms with Crippen molar-refractivity contribution in [2.45, 2.75) is 16.7 Å². The molecule has 0 aliphatic heterocycles. The topological polar surface area (TPSA) is 27.1 Å². The minimum absolute atomic E-state index is 0.330. The number of aromatic nitrogens is 2. The van der Waals surface area contributed by atoms with E-state index in [9.17, 15) is 0 Å². The Labute approximate surface area is 164 Å².